The van der Waals surface area contributed by atoms with Crippen LogP contribution in [0.2, 0.25) is 5.02 Å². The van der Waals surface area contributed by atoms with Crippen LogP contribution in [-0.2, 0) is 13.1 Å². The number of rotatable bonds is 9. The van der Waals surface area contributed by atoms with E-state index in [2.05, 4.69) is 21.5 Å². The van der Waals surface area contributed by atoms with E-state index in [0.717, 1.165) is 47.7 Å². The van der Waals surface area contributed by atoms with Crippen LogP contribution in [0.3, 0.4) is 0 Å². The molecule has 0 aliphatic carbocycles. The molecule has 0 fully saturated rings. The summed E-state index contributed by atoms with van der Waals surface area (Å²) in [6, 6.07) is 13.5. The molecule has 0 aliphatic heterocycles. The molecule has 3 rings (SSSR count). The molecule has 0 aliphatic rings. The number of hydrogen-bond acceptors (Lipinski definition) is 4. The first-order valence-corrected chi connectivity index (χ1v) is 11.1. The summed E-state index contributed by atoms with van der Waals surface area (Å²) in [7, 11) is 0. The van der Waals surface area contributed by atoms with Crippen LogP contribution in [0.25, 0.3) is 11.3 Å². The van der Waals surface area contributed by atoms with Crippen LogP contribution in [0.1, 0.15) is 18.9 Å². The van der Waals surface area contributed by atoms with E-state index < -0.39 is 6.36 Å². The van der Waals surface area contributed by atoms with E-state index >= 15 is 0 Å². The third kappa shape index (κ3) is 7.12. The van der Waals surface area contributed by atoms with Crippen LogP contribution in [0.4, 0.5) is 13.2 Å². The molecule has 0 amide bonds. The lowest BCUT2D eigenvalue weighted by Crippen LogP contribution is -2.21. The van der Waals surface area contributed by atoms with Gasteiger partial charge < -0.3 is 14.6 Å². The lowest BCUT2D eigenvalue weighted by Gasteiger charge is -2.11. The molecule has 1 aromatic heterocycles. The highest BCUT2D eigenvalue weighted by molar-refractivity contribution is 7.07. The maximum absolute atomic E-state index is 12.4. The molecule has 1 N–H and O–H groups in total. The topological polar surface area (TPSA) is 38.5 Å². The van der Waals surface area contributed by atoms with E-state index in [-0.39, 0.29) is 5.75 Å². The number of nitrogens with one attached hydrogen (secondary N) is 1. The zero-order valence-corrected chi connectivity index (χ0v) is 18.5. The second kappa shape index (κ2) is 10.8. The Morgan fingerprint density at radius 2 is 1.81 bits per heavy atom. The Bertz CT molecular complexity index is 1030. The van der Waals surface area contributed by atoms with Crippen LogP contribution in [0, 0.1) is 0 Å². The first-order chi connectivity index (χ1) is 14.9. The van der Waals surface area contributed by atoms with E-state index in [9.17, 15) is 13.2 Å². The molecule has 166 valence electrons. The quantitative estimate of drug-likeness (QED) is 0.398. The molecule has 0 unspecified atom stereocenters. The van der Waals surface area contributed by atoms with Gasteiger partial charge in [-0.3, -0.25) is 4.99 Å². The lowest BCUT2D eigenvalue weighted by molar-refractivity contribution is -0.274. The number of benzene rings is 2. The van der Waals surface area contributed by atoms with E-state index in [1.165, 1.54) is 23.5 Å². The van der Waals surface area contributed by atoms with Crippen molar-refractivity contribution in [1.82, 2.24) is 9.88 Å². The first-order valence-electron chi connectivity index (χ1n) is 9.86. The van der Waals surface area contributed by atoms with Gasteiger partial charge in [0.1, 0.15) is 5.75 Å². The molecular weight excluding hydrogens is 447 g/mol. The summed E-state index contributed by atoms with van der Waals surface area (Å²) in [5.74, 6) is -0.238. The van der Waals surface area contributed by atoms with Crippen molar-refractivity contribution in [3.63, 3.8) is 0 Å². The molecule has 0 atom stereocenters. The maximum atomic E-state index is 12.4. The standard InChI is InChI=1S/C22H23ClF3N3OS/c1-2-27-12-3-13-29-20(17-6-10-19(11-7-17)30-22(24,25)26)15-31-21(29)28-14-16-4-8-18(23)9-5-16/h4-11,15,27H,2-3,12-14H2,1H3. The first kappa shape index (κ1) is 23.4. The van der Waals surface area contributed by atoms with Gasteiger partial charge in [-0.2, -0.15) is 0 Å². The number of alkyl halides is 3. The van der Waals surface area contributed by atoms with Gasteiger partial charge in [0.05, 0.1) is 12.2 Å². The predicted octanol–water partition coefficient (Wildman–Crippen LogP) is 5.87. The van der Waals surface area contributed by atoms with Crippen LogP contribution >= 0.6 is 22.9 Å². The second-order valence-electron chi connectivity index (χ2n) is 6.78. The number of ether oxygens (including phenoxy) is 1. The Morgan fingerprint density at radius 1 is 1.10 bits per heavy atom. The Morgan fingerprint density at radius 3 is 2.45 bits per heavy atom. The van der Waals surface area contributed by atoms with Gasteiger partial charge in [-0.25, -0.2) is 0 Å². The summed E-state index contributed by atoms with van der Waals surface area (Å²) in [5.41, 5.74) is 2.77. The SMILES string of the molecule is CCNCCCn1c(-c2ccc(OC(F)(F)F)cc2)csc1=NCc1ccc(Cl)cc1. The number of thiazole rings is 1. The van der Waals surface area contributed by atoms with Gasteiger partial charge in [0.2, 0.25) is 0 Å². The summed E-state index contributed by atoms with van der Waals surface area (Å²) in [5, 5.41) is 5.96. The van der Waals surface area contributed by atoms with E-state index in [0.29, 0.717) is 11.6 Å². The van der Waals surface area contributed by atoms with Crippen molar-refractivity contribution in [2.75, 3.05) is 13.1 Å². The van der Waals surface area contributed by atoms with Crippen LogP contribution in [0.5, 0.6) is 5.75 Å². The molecule has 0 saturated carbocycles. The maximum Gasteiger partial charge on any atom is 0.573 e. The van der Waals surface area contributed by atoms with Crippen LogP contribution in [-0.4, -0.2) is 24.0 Å². The fourth-order valence-corrected chi connectivity index (χ4v) is 4.08. The minimum Gasteiger partial charge on any atom is -0.406 e. The van der Waals surface area contributed by atoms with Crippen molar-refractivity contribution in [1.29, 1.82) is 0 Å². The van der Waals surface area contributed by atoms with Crippen molar-refractivity contribution in [2.24, 2.45) is 4.99 Å². The molecular formula is C22H23ClF3N3OS. The Kier molecular flexibility index (Phi) is 8.17. The Labute approximate surface area is 188 Å². The minimum atomic E-state index is -4.70. The number of nitrogens with zero attached hydrogens (tertiary/aromatic N) is 2. The average Bonchev–Trinajstić information content (AvgIpc) is 3.13. The van der Waals surface area contributed by atoms with Gasteiger partial charge in [-0.05, 0) is 67.0 Å². The van der Waals surface area contributed by atoms with Gasteiger partial charge in [0.15, 0.2) is 4.80 Å². The van der Waals surface area contributed by atoms with Crippen molar-refractivity contribution < 1.29 is 17.9 Å². The summed E-state index contributed by atoms with van der Waals surface area (Å²) in [6.07, 6.45) is -3.80. The molecule has 0 radical (unpaired) electrons. The van der Waals surface area contributed by atoms with Crippen LogP contribution in [0.15, 0.2) is 58.9 Å². The van der Waals surface area contributed by atoms with Gasteiger partial charge in [-0.15, -0.1) is 24.5 Å². The second-order valence-corrected chi connectivity index (χ2v) is 8.05. The normalized spacial score (nSPS) is 12.4. The smallest absolute Gasteiger partial charge is 0.406 e. The predicted molar refractivity (Wildman–Crippen MR) is 118 cm³/mol. The molecule has 31 heavy (non-hydrogen) atoms. The van der Waals surface area contributed by atoms with Gasteiger partial charge >= 0.3 is 6.36 Å². The summed E-state index contributed by atoms with van der Waals surface area (Å²) in [6.45, 7) is 5.08. The average molecular weight is 470 g/mol. The van der Waals surface area contributed by atoms with E-state index in [4.69, 9.17) is 16.6 Å². The third-order valence-electron chi connectivity index (χ3n) is 4.48. The van der Waals surface area contributed by atoms with Gasteiger partial charge in [-0.1, -0.05) is 30.7 Å². The largest absolute Gasteiger partial charge is 0.573 e. The van der Waals surface area contributed by atoms with Crippen molar-refractivity contribution in [3.8, 4) is 17.0 Å². The molecule has 3 aromatic rings. The summed E-state index contributed by atoms with van der Waals surface area (Å²) < 4.78 is 43.4. The van der Waals surface area contributed by atoms with Crippen molar-refractivity contribution in [3.05, 3.63) is 69.3 Å². The molecule has 9 heteroatoms. The molecule has 0 saturated heterocycles. The molecule has 0 bridgehead atoms. The fourth-order valence-electron chi connectivity index (χ4n) is 3.02. The highest BCUT2D eigenvalue weighted by Gasteiger charge is 2.31. The molecule has 4 nitrogen and oxygen atoms in total. The third-order valence-corrected chi connectivity index (χ3v) is 5.63. The Hall–Kier alpha value is -2.29. The van der Waals surface area contributed by atoms with Gasteiger partial charge in [0, 0.05) is 16.9 Å². The van der Waals surface area contributed by atoms with Crippen molar-refractivity contribution in [2.45, 2.75) is 32.8 Å². The zero-order valence-electron chi connectivity index (χ0n) is 17.0. The summed E-state index contributed by atoms with van der Waals surface area (Å²) in [4.78, 5) is 5.62. The van der Waals surface area contributed by atoms with Crippen LogP contribution < -0.4 is 14.9 Å². The highest BCUT2D eigenvalue weighted by Crippen LogP contribution is 2.27. The van der Waals surface area contributed by atoms with E-state index in [1.54, 1.807) is 12.1 Å². The minimum absolute atomic E-state index is 0.238. The van der Waals surface area contributed by atoms with Gasteiger partial charge in [0.25, 0.3) is 0 Å². The number of hydrogen-bond donors (Lipinski definition) is 1. The number of halogens is 4. The highest BCUT2D eigenvalue weighted by atomic mass is 35.5. The number of aromatic nitrogens is 1. The van der Waals surface area contributed by atoms with E-state index in [1.807, 2.05) is 29.6 Å². The lowest BCUT2D eigenvalue weighted by atomic mass is 10.1. The molecule has 1 heterocycles. The van der Waals surface area contributed by atoms with Crippen molar-refractivity contribution >= 4 is 22.9 Å². The fraction of sp³-hybridized carbons (Fsp3) is 0.318. The summed E-state index contributed by atoms with van der Waals surface area (Å²) >= 11 is 7.45. The molecule has 0 spiro atoms. The zero-order chi connectivity index (χ0) is 22.3. The molecule has 2 aromatic carbocycles. The Balaban J connectivity index is 1.86. The monoisotopic (exact) mass is 469 g/mol.